The number of hydrogen-bond acceptors (Lipinski definition) is 5. The number of anilines is 1. The summed E-state index contributed by atoms with van der Waals surface area (Å²) in [6.07, 6.45) is 1.60. The van der Waals surface area contributed by atoms with Gasteiger partial charge in [0.15, 0.2) is 0 Å². The molecule has 2 aliphatic rings. The van der Waals surface area contributed by atoms with Gasteiger partial charge in [-0.2, -0.15) is 4.31 Å². The molecule has 8 heteroatoms. The van der Waals surface area contributed by atoms with Gasteiger partial charge in [0.25, 0.3) is 0 Å². The number of nitrogens with zero attached hydrogens (tertiary/aromatic N) is 2. The smallest absolute Gasteiger partial charge is 0.423 e. The predicted octanol–water partition coefficient (Wildman–Crippen LogP) is -1.02. The molecule has 1 aromatic carbocycles. The van der Waals surface area contributed by atoms with Gasteiger partial charge < -0.3 is 14.9 Å². The molecular weight excluding hydrogens is 291 g/mol. The lowest BCUT2D eigenvalue weighted by Crippen LogP contribution is -2.49. The number of hydrogen-bond donors (Lipinski definition) is 2. The van der Waals surface area contributed by atoms with E-state index in [1.54, 1.807) is 16.4 Å². The summed E-state index contributed by atoms with van der Waals surface area (Å²) in [7, 11) is -4.53. The van der Waals surface area contributed by atoms with Crippen LogP contribution in [0.4, 0.5) is 5.69 Å². The van der Waals surface area contributed by atoms with Gasteiger partial charge in [0.2, 0.25) is 10.0 Å². The van der Waals surface area contributed by atoms with Crippen LogP contribution in [0, 0.1) is 0 Å². The summed E-state index contributed by atoms with van der Waals surface area (Å²) >= 11 is 0. The second-order valence-corrected chi connectivity index (χ2v) is 7.81. The zero-order valence-corrected chi connectivity index (χ0v) is 12.5. The molecule has 0 aromatic heterocycles. The summed E-state index contributed by atoms with van der Waals surface area (Å²) in [5, 5.41) is 18.0. The maximum Gasteiger partial charge on any atom is 0.488 e. The van der Waals surface area contributed by atoms with E-state index in [-0.39, 0.29) is 5.25 Å². The van der Waals surface area contributed by atoms with E-state index in [2.05, 4.69) is 4.90 Å². The third-order valence-corrected chi connectivity index (χ3v) is 6.50. The van der Waals surface area contributed by atoms with E-state index in [4.69, 9.17) is 10.0 Å². The zero-order valence-electron chi connectivity index (χ0n) is 11.7. The lowest BCUT2D eigenvalue weighted by atomic mass is 9.80. The normalized spacial score (nSPS) is 20.6. The molecule has 2 fully saturated rings. The van der Waals surface area contributed by atoms with E-state index in [1.165, 1.54) is 0 Å². The van der Waals surface area contributed by atoms with Crippen molar-refractivity contribution in [2.75, 3.05) is 31.1 Å². The third kappa shape index (κ3) is 3.08. The van der Waals surface area contributed by atoms with Gasteiger partial charge in [0, 0.05) is 31.9 Å². The molecule has 1 saturated carbocycles. The second kappa shape index (κ2) is 5.60. The average molecular weight is 310 g/mol. The fourth-order valence-corrected chi connectivity index (χ4v) is 4.46. The summed E-state index contributed by atoms with van der Waals surface area (Å²) in [5.74, 6) is 0. The van der Waals surface area contributed by atoms with Crippen LogP contribution in [0.1, 0.15) is 12.8 Å². The Kier molecular flexibility index (Phi) is 3.96. The Labute approximate surface area is 125 Å². The molecule has 1 saturated heterocycles. The molecule has 114 valence electrons. The monoisotopic (exact) mass is 310 g/mol. The van der Waals surface area contributed by atoms with Gasteiger partial charge in [-0.1, -0.05) is 12.1 Å². The van der Waals surface area contributed by atoms with Crippen LogP contribution < -0.4 is 10.4 Å². The highest BCUT2D eigenvalue weighted by atomic mass is 32.2. The molecule has 2 N–H and O–H groups in total. The maximum absolute atomic E-state index is 12.2. The molecule has 0 spiro atoms. The van der Waals surface area contributed by atoms with E-state index >= 15 is 0 Å². The molecule has 1 heterocycles. The van der Waals surface area contributed by atoms with Crippen molar-refractivity contribution < 1.29 is 18.5 Å². The molecule has 0 amide bonds. The van der Waals surface area contributed by atoms with Gasteiger partial charge >= 0.3 is 7.12 Å². The number of sulfonamides is 1. The Morgan fingerprint density at radius 1 is 1.00 bits per heavy atom. The molecule has 21 heavy (non-hydrogen) atoms. The van der Waals surface area contributed by atoms with Gasteiger partial charge in [0.1, 0.15) is 0 Å². The van der Waals surface area contributed by atoms with E-state index in [1.807, 2.05) is 12.1 Å². The highest BCUT2D eigenvalue weighted by molar-refractivity contribution is 7.90. The lowest BCUT2D eigenvalue weighted by molar-refractivity contribution is 0.384. The van der Waals surface area contributed by atoms with Crippen LogP contribution in [0.25, 0.3) is 0 Å². The quantitative estimate of drug-likeness (QED) is 0.696. The molecule has 0 unspecified atom stereocenters. The largest absolute Gasteiger partial charge is 0.488 e. The van der Waals surface area contributed by atoms with E-state index in [9.17, 15) is 8.42 Å². The topological polar surface area (TPSA) is 81.1 Å². The van der Waals surface area contributed by atoms with Crippen LogP contribution in [-0.2, 0) is 10.0 Å². The maximum atomic E-state index is 12.2. The van der Waals surface area contributed by atoms with Crippen LogP contribution in [-0.4, -0.2) is 61.3 Å². The average Bonchev–Trinajstić information content (AvgIpc) is 3.32. The Morgan fingerprint density at radius 2 is 1.57 bits per heavy atom. The number of piperazine rings is 1. The Bertz CT molecular complexity index is 593. The molecule has 0 atom stereocenters. The highest BCUT2D eigenvalue weighted by Crippen LogP contribution is 2.31. The first kappa shape index (κ1) is 14.8. The molecule has 1 aliphatic heterocycles. The van der Waals surface area contributed by atoms with E-state index in [0.717, 1.165) is 18.5 Å². The summed E-state index contributed by atoms with van der Waals surface area (Å²) in [4.78, 5) is 2.12. The van der Waals surface area contributed by atoms with Crippen molar-refractivity contribution in [1.82, 2.24) is 4.31 Å². The minimum absolute atomic E-state index is 0.144. The second-order valence-electron chi connectivity index (χ2n) is 5.60. The summed E-state index contributed by atoms with van der Waals surface area (Å²) in [6.45, 7) is 2.35. The fraction of sp³-hybridized carbons (Fsp3) is 0.538. The first-order valence-electron chi connectivity index (χ1n) is 7.18. The van der Waals surface area contributed by atoms with Gasteiger partial charge in [-0.05, 0) is 30.4 Å². The Hall–Kier alpha value is -1.09. The Morgan fingerprint density at radius 3 is 2.05 bits per heavy atom. The predicted molar refractivity (Wildman–Crippen MR) is 82.0 cm³/mol. The van der Waals surface area contributed by atoms with Crippen molar-refractivity contribution in [3.05, 3.63) is 24.3 Å². The minimum atomic E-state index is -3.07. The van der Waals surface area contributed by atoms with Gasteiger partial charge in [-0.25, -0.2) is 8.42 Å². The number of benzene rings is 1. The van der Waals surface area contributed by atoms with Crippen molar-refractivity contribution in [2.24, 2.45) is 0 Å². The molecular formula is C13H19BN2O4S. The molecule has 0 bridgehead atoms. The number of rotatable bonds is 4. The van der Waals surface area contributed by atoms with Crippen molar-refractivity contribution >= 4 is 28.3 Å². The summed E-state index contributed by atoms with van der Waals surface area (Å²) in [5.41, 5.74) is 1.43. The minimum Gasteiger partial charge on any atom is -0.423 e. The lowest BCUT2D eigenvalue weighted by Gasteiger charge is -2.35. The third-order valence-electron chi connectivity index (χ3n) is 4.10. The van der Waals surface area contributed by atoms with Crippen LogP contribution in [0.2, 0.25) is 0 Å². The van der Waals surface area contributed by atoms with E-state index in [0.29, 0.717) is 31.6 Å². The highest BCUT2D eigenvalue weighted by Gasteiger charge is 2.40. The zero-order chi connectivity index (χ0) is 15.0. The summed E-state index contributed by atoms with van der Waals surface area (Å²) < 4.78 is 25.9. The van der Waals surface area contributed by atoms with Gasteiger partial charge in [-0.3, -0.25) is 0 Å². The van der Waals surface area contributed by atoms with E-state index < -0.39 is 17.1 Å². The fourth-order valence-electron chi connectivity index (χ4n) is 2.63. The molecule has 1 aromatic rings. The van der Waals surface area contributed by atoms with Crippen LogP contribution >= 0.6 is 0 Å². The van der Waals surface area contributed by atoms with Gasteiger partial charge in [-0.15, -0.1) is 0 Å². The summed E-state index contributed by atoms with van der Waals surface area (Å²) in [6, 6.07) is 7.01. The standard InChI is InChI=1S/C13H19BN2O4S/c17-14(18)11-1-3-12(4-2-11)15-7-9-16(10-8-15)21(19,20)13-5-6-13/h1-4,13,17-18H,5-10H2. The molecule has 1 aliphatic carbocycles. The van der Waals surface area contributed by atoms with Crippen molar-refractivity contribution in [1.29, 1.82) is 0 Å². The molecule has 6 nitrogen and oxygen atoms in total. The van der Waals surface area contributed by atoms with Crippen LogP contribution in [0.5, 0.6) is 0 Å². The SMILES string of the molecule is O=S(=O)(C1CC1)N1CCN(c2ccc(B(O)O)cc2)CC1. The van der Waals surface area contributed by atoms with Crippen molar-refractivity contribution in [3.63, 3.8) is 0 Å². The Balaban J connectivity index is 1.63. The molecule has 3 rings (SSSR count). The first-order chi connectivity index (χ1) is 9.98. The van der Waals surface area contributed by atoms with Gasteiger partial charge in [0.05, 0.1) is 5.25 Å². The molecule has 0 radical (unpaired) electrons. The van der Waals surface area contributed by atoms with Crippen LogP contribution in [0.3, 0.4) is 0 Å². The first-order valence-corrected chi connectivity index (χ1v) is 8.69. The van der Waals surface area contributed by atoms with Crippen molar-refractivity contribution in [3.8, 4) is 0 Å². The van der Waals surface area contributed by atoms with Crippen LogP contribution in [0.15, 0.2) is 24.3 Å². The van der Waals surface area contributed by atoms with Crippen molar-refractivity contribution in [2.45, 2.75) is 18.1 Å².